The minimum absolute atomic E-state index is 0.0664. The second-order valence-corrected chi connectivity index (χ2v) is 7.70. The third-order valence-corrected chi connectivity index (χ3v) is 5.40. The van der Waals surface area contributed by atoms with Crippen molar-refractivity contribution >= 4 is 5.91 Å². The Hall–Kier alpha value is -3.55. The van der Waals surface area contributed by atoms with Gasteiger partial charge in [-0.25, -0.2) is 0 Å². The molecule has 1 saturated heterocycles. The standard InChI is InChI=1S/C24H27N3O5/c1-4-10-31-20-9-8-17(12-21(20)30-3)23-25-24(32-26-23)18-13-22(28)27(15-18)14-16-6-5-7-19(11-16)29-2/h5-9,11-12,18H,4,10,13-15H2,1-3H3. The number of benzene rings is 2. The summed E-state index contributed by atoms with van der Waals surface area (Å²) in [5.41, 5.74) is 1.78. The lowest BCUT2D eigenvalue weighted by Gasteiger charge is -2.16. The first-order valence-corrected chi connectivity index (χ1v) is 10.7. The summed E-state index contributed by atoms with van der Waals surface area (Å²) in [6.07, 6.45) is 1.26. The molecule has 1 aliphatic heterocycles. The SMILES string of the molecule is CCCOc1ccc(-c2noc(C3CC(=O)N(Cc4cccc(OC)c4)C3)n2)cc1OC. The van der Waals surface area contributed by atoms with E-state index in [0.29, 0.717) is 49.3 Å². The van der Waals surface area contributed by atoms with Crippen LogP contribution in [0.2, 0.25) is 0 Å². The molecule has 1 unspecified atom stereocenters. The van der Waals surface area contributed by atoms with Crippen LogP contribution in [0.15, 0.2) is 47.0 Å². The minimum Gasteiger partial charge on any atom is -0.497 e. The average Bonchev–Trinajstić information content (AvgIpc) is 3.45. The Morgan fingerprint density at radius 2 is 2.00 bits per heavy atom. The maximum atomic E-state index is 12.6. The first kappa shape index (κ1) is 21.7. The summed E-state index contributed by atoms with van der Waals surface area (Å²) >= 11 is 0. The van der Waals surface area contributed by atoms with Gasteiger partial charge in [0.05, 0.1) is 26.7 Å². The predicted molar refractivity (Wildman–Crippen MR) is 118 cm³/mol. The van der Waals surface area contributed by atoms with E-state index >= 15 is 0 Å². The van der Waals surface area contributed by atoms with Gasteiger partial charge in [-0.2, -0.15) is 4.98 Å². The van der Waals surface area contributed by atoms with Gasteiger partial charge in [-0.1, -0.05) is 24.2 Å². The molecule has 0 N–H and O–H groups in total. The van der Waals surface area contributed by atoms with Gasteiger partial charge in [0.15, 0.2) is 11.5 Å². The summed E-state index contributed by atoms with van der Waals surface area (Å²) in [5.74, 6) is 2.92. The minimum atomic E-state index is -0.136. The highest BCUT2D eigenvalue weighted by Gasteiger charge is 2.34. The van der Waals surface area contributed by atoms with Crippen LogP contribution in [-0.2, 0) is 11.3 Å². The first-order chi connectivity index (χ1) is 15.6. The van der Waals surface area contributed by atoms with Crippen molar-refractivity contribution in [2.75, 3.05) is 27.4 Å². The van der Waals surface area contributed by atoms with E-state index in [-0.39, 0.29) is 11.8 Å². The van der Waals surface area contributed by atoms with Crippen LogP contribution in [0.1, 0.15) is 37.1 Å². The van der Waals surface area contributed by atoms with Gasteiger partial charge < -0.3 is 23.6 Å². The van der Waals surface area contributed by atoms with E-state index < -0.39 is 0 Å². The van der Waals surface area contributed by atoms with Gasteiger partial charge in [-0.05, 0) is 42.3 Å². The zero-order valence-electron chi connectivity index (χ0n) is 18.5. The van der Waals surface area contributed by atoms with Crippen LogP contribution in [0, 0.1) is 0 Å². The predicted octanol–water partition coefficient (Wildman–Crippen LogP) is 4.06. The third-order valence-electron chi connectivity index (χ3n) is 5.40. The number of carbonyl (C=O) groups is 1. The van der Waals surface area contributed by atoms with E-state index in [1.807, 2.05) is 54.3 Å². The van der Waals surface area contributed by atoms with Gasteiger partial charge in [0, 0.05) is 25.1 Å². The molecule has 1 atom stereocenters. The zero-order valence-corrected chi connectivity index (χ0v) is 18.5. The molecule has 1 fully saturated rings. The molecular formula is C24H27N3O5. The Morgan fingerprint density at radius 3 is 2.78 bits per heavy atom. The molecule has 2 aromatic carbocycles. The number of rotatable bonds is 9. The van der Waals surface area contributed by atoms with E-state index in [2.05, 4.69) is 10.1 Å². The lowest BCUT2D eigenvalue weighted by molar-refractivity contribution is -0.128. The number of methoxy groups -OCH3 is 2. The van der Waals surface area contributed by atoms with E-state index in [9.17, 15) is 4.79 Å². The first-order valence-electron chi connectivity index (χ1n) is 10.7. The highest BCUT2D eigenvalue weighted by molar-refractivity contribution is 5.79. The Balaban J connectivity index is 1.46. The number of ether oxygens (including phenoxy) is 3. The second-order valence-electron chi connectivity index (χ2n) is 7.70. The number of amides is 1. The summed E-state index contributed by atoms with van der Waals surface area (Å²) in [6, 6.07) is 13.3. The molecule has 4 rings (SSSR count). The second kappa shape index (κ2) is 9.72. The van der Waals surface area contributed by atoms with Crippen molar-refractivity contribution in [3.63, 3.8) is 0 Å². The van der Waals surface area contributed by atoms with Crippen molar-refractivity contribution in [1.82, 2.24) is 15.0 Å². The van der Waals surface area contributed by atoms with Gasteiger partial charge >= 0.3 is 0 Å². The number of aromatic nitrogens is 2. The van der Waals surface area contributed by atoms with Crippen LogP contribution in [0.5, 0.6) is 17.2 Å². The molecule has 2 heterocycles. The molecule has 0 aliphatic carbocycles. The van der Waals surface area contributed by atoms with E-state index in [1.54, 1.807) is 14.2 Å². The zero-order chi connectivity index (χ0) is 22.5. The van der Waals surface area contributed by atoms with Crippen LogP contribution < -0.4 is 14.2 Å². The molecule has 0 spiro atoms. The van der Waals surface area contributed by atoms with Crippen LogP contribution in [0.3, 0.4) is 0 Å². The molecule has 0 radical (unpaired) electrons. The van der Waals surface area contributed by atoms with Crippen molar-refractivity contribution in [3.05, 3.63) is 53.9 Å². The van der Waals surface area contributed by atoms with E-state index in [4.69, 9.17) is 18.7 Å². The van der Waals surface area contributed by atoms with Crippen molar-refractivity contribution < 1.29 is 23.5 Å². The van der Waals surface area contributed by atoms with Crippen molar-refractivity contribution in [2.45, 2.75) is 32.2 Å². The van der Waals surface area contributed by atoms with Crippen molar-refractivity contribution in [1.29, 1.82) is 0 Å². The molecular weight excluding hydrogens is 410 g/mol. The fourth-order valence-electron chi connectivity index (χ4n) is 3.74. The van der Waals surface area contributed by atoms with Gasteiger partial charge in [0.25, 0.3) is 0 Å². The van der Waals surface area contributed by atoms with Gasteiger partial charge in [-0.15, -0.1) is 0 Å². The molecule has 1 amide bonds. The highest BCUT2D eigenvalue weighted by Crippen LogP contribution is 2.34. The highest BCUT2D eigenvalue weighted by atomic mass is 16.5. The number of nitrogens with zero attached hydrogens (tertiary/aromatic N) is 3. The van der Waals surface area contributed by atoms with Crippen LogP contribution in [-0.4, -0.2) is 48.3 Å². The van der Waals surface area contributed by atoms with Gasteiger partial charge in [-0.3, -0.25) is 4.79 Å². The van der Waals surface area contributed by atoms with Gasteiger partial charge in [0.2, 0.25) is 17.6 Å². The monoisotopic (exact) mass is 437 g/mol. The topological polar surface area (TPSA) is 86.9 Å². The maximum Gasteiger partial charge on any atom is 0.232 e. The molecule has 1 aliphatic rings. The normalized spacial score (nSPS) is 15.8. The fraction of sp³-hybridized carbons (Fsp3) is 0.375. The van der Waals surface area contributed by atoms with Crippen LogP contribution >= 0.6 is 0 Å². The Kier molecular flexibility index (Phi) is 6.58. The smallest absolute Gasteiger partial charge is 0.232 e. The maximum absolute atomic E-state index is 12.6. The summed E-state index contributed by atoms with van der Waals surface area (Å²) in [7, 11) is 3.23. The van der Waals surface area contributed by atoms with E-state index in [0.717, 1.165) is 23.3 Å². The molecule has 8 heteroatoms. The molecule has 0 bridgehead atoms. The number of likely N-dealkylation sites (tertiary alicyclic amines) is 1. The van der Waals surface area contributed by atoms with Crippen molar-refractivity contribution in [3.8, 4) is 28.6 Å². The molecule has 0 saturated carbocycles. The number of hydrogen-bond donors (Lipinski definition) is 0. The Morgan fingerprint density at radius 1 is 1.12 bits per heavy atom. The van der Waals surface area contributed by atoms with Crippen LogP contribution in [0.25, 0.3) is 11.4 Å². The summed E-state index contributed by atoms with van der Waals surface area (Å²) in [4.78, 5) is 18.9. The number of hydrogen-bond acceptors (Lipinski definition) is 7. The molecule has 168 valence electrons. The molecule has 8 nitrogen and oxygen atoms in total. The lowest BCUT2D eigenvalue weighted by atomic mass is 10.1. The van der Waals surface area contributed by atoms with Crippen LogP contribution in [0.4, 0.5) is 0 Å². The molecule has 1 aromatic heterocycles. The summed E-state index contributed by atoms with van der Waals surface area (Å²) < 4.78 is 21.9. The lowest BCUT2D eigenvalue weighted by Crippen LogP contribution is -2.24. The molecule has 32 heavy (non-hydrogen) atoms. The summed E-state index contributed by atoms with van der Waals surface area (Å²) in [6.45, 7) is 3.71. The quantitative estimate of drug-likeness (QED) is 0.499. The average molecular weight is 437 g/mol. The Labute approximate surface area is 187 Å². The van der Waals surface area contributed by atoms with Gasteiger partial charge in [0.1, 0.15) is 5.75 Å². The summed E-state index contributed by atoms with van der Waals surface area (Å²) in [5, 5.41) is 4.13. The third kappa shape index (κ3) is 4.69. The van der Waals surface area contributed by atoms with E-state index in [1.165, 1.54) is 0 Å². The Bertz CT molecular complexity index is 1080. The molecule has 3 aromatic rings. The fourth-order valence-corrected chi connectivity index (χ4v) is 3.74. The largest absolute Gasteiger partial charge is 0.497 e. The van der Waals surface area contributed by atoms with Crippen molar-refractivity contribution in [2.24, 2.45) is 0 Å². The number of carbonyl (C=O) groups excluding carboxylic acids is 1.